The number of unbranched alkanes of at least 4 members (excludes halogenated alkanes) is 2. The van der Waals surface area contributed by atoms with Crippen LogP contribution < -0.4 is 5.32 Å². The number of carbonyl (C=O) groups is 1. The Labute approximate surface area is 72.9 Å². The predicted molar refractivity (Wildman–Crippen MR) is 44.4 cm³/mol. The molecule has 1 fully saturated rings. The maximum absolute atomic E-state index is 9.91. The monoisotopic (exact) mass is 174 g/mol. The number of ether oxygens (including phenoxy) is 1. The van der Waals surface area contributed by atoms with E-state index in [0.29, 0.717) is 13.2 Å². The molecule has 1 saturated heterocycles. The number of hydrogen-bond acceptors (Lipinski definition) is 2. The molecule has 0 atom stereocenters. The maximum atomic E-state index is 9.91. The summed E-state index contributed by atoms with van der Waals surface area (Å²) in [5.41, 5.74) is 0. The number of rotatable bonds is 3. The van der Waals surface area contributed by atoms with E-state index in [2.05, 4.69) is 17.0 Å². The lowest BCUT2D eigenvalue weighted by molar-refractivity contribution is 0.178. The first-order chi connectivity index (χ1) is 5.81. The van der Waals surface area contributed by atoms with E-state index in [1.165, 1.54) is 0 Å². The quantitative estimate of drug-likeness (QED) is 0.656. The molecule has 1 aliphatic heterocycles. The number of alkyl carbamates (subject to hydrolysis) is 1. The Hall–Kier alpha value is -0.770. The molecule has 0 aromatic heterocycles. The van der Waals surface area contributed by atoms with E-state index in [9.17, 15) is 9.90 Å². The van der Waals surface area contributed by atoms with Crippen molar-refractivity contribution in [1.82, 2.24) is 5.32 Å². The summed E-state index contributed by atoms with van der Waals surface area (Å²) in [6.07, 6.45) is 2.82. The van der Waals surface area contributed by atoms with Gasteiger partial charge in [-0.25, -0.2) is 9.90 Å². The molecule has 1 rings (SSSR count). The van der Waals surface area contributed by atoms with Gasteiger partial charge in [-0.1, -0.05) is 19.8 Å². The molecule has 1 radical (unpaired) electrons. The molecule has 0 spiro atoms. The van der Waals surface area contributed by atoms with E-state index in [1.807, 2.05) is 0 Å². The van der Waals surface area contributed by atoms with Crippen LogP contribution in [0.4, 0.5) is 4.79 Å². The fourth-order valence-electron chi connectivity index (χ4n) is 0.700. The summed E-state index contributed by atoms with van der Waals surface area (Å²) in [6.45, 7) is 3.39. The lowest BCUT2D eigenvalue weighted by atomic mass is 10.3. The average Bonchev–Trinajstić information content (AvgIpc) is 2.53. The van der Waals surface area contributed by atoms with Crippen LogP contribution >= 0.6 is 0 Å². The highest BCUT2D eigenvalue weighted by molar-refractivity contribution is 5.68. The lowest BCUT2D eigenvalue weighted by Crippen LogP contribution is -2.11. The summed E-state index contributed by atoms with van der Waals surface area (Å²) >= 11 is 0. The smallest absolute Gasteiger partial charge is 0.407 e. The van der Waals surface area contributed by atoms with Gasteiger partial charge in [0, 0.05) is 0 Å². The molecule has 0 saturated carbocycles. The minimum Gasteiger partial charge on any atom is -0.448 e. The van der Waals surface area contributed by atoms with Crippen molar-refractivity contribution in [3.05, 3.63) is 0 Å². The molecule has 0 aliphatic carbocycles. The van der Waals surface area contributed by atoms with Crippen LogP contribution in [0, 0.1) is 0 Å². The summed E-state index contributed by atoms with van der Waals surface area (Å²) in [5.74, 6) is 0. The first-order valence-corrected chi connectivity index (χ1v) is 4.30. The molecule has 0 unspecified atom stereocenters. The van der Waals surface area contributed by atoms with Crippen molar-refractivity contribution >= 4 is 6.09 Å². The van der Waals surface area contributed by atoms with Crippen LogP contribution in [0.15, 0.2) is 0 Å². The van der Waals surface area contributed by atoms with Crippen LogP contribution in [0.5, 0.6) is 0 Å². The Morgan fingerprint density at radius 3 is 2.42 bits per heavy atom. The third-order valence-electron chi connectivity index (χ3n) is 1.35. The second kappa shape index (κ2) is 8.33. The number of cyclic esters (lactones) is 1. The molecule has 1 heterocycles. The lowest BCUT2D eigenvalue weighted by Gasteiger charge is -1.84. The molecule has 71 valence electrons. The van der Waals surface area contributed by atoms with Crippen molar-refractivity contribution in [1.29, 1.82) is 0 Å². The van der Waals surface area contributed by atoms with Crippen LogP contribution in [0.25, 0.3) is 0 Å². The fraction of sp³-hybridized carbons (Fsp3) is 0.875. The molecule has 0 bridgehead atoms. The zero-order valence-corrected chi connectivity index (χ0v) is 7.47. The van der Waals surface area contributed by atoms with Crippen molar-refractivity contribution in [3.8, 4) is 0 Å². The summed E-state index contributed by atoms with van der Waals surface area (Å²) in [6, 6.07) is 0. The van der Waals surface area contributed by atoms with E-state index in [0.717, 1.165) is 19.3 Å². The zero-order valence-electron chi connectivity index (χ0n) is 7.47. The number of amides is 1. The molecular weight excluding hydrogens is 158 g/mol. The number of carbonyl (C=O) groups excluding carboxylic acids is 1. The van der Waals surface area contributed by atoms with Gasteiger partial charge in [-0.3, -0.25) is 0 Å². The van der Waals surface area contributed by atoms with Crippen LogP contribution in [0.1, 0.15) is 26.2 Å². The molecule has 0 aromatic rings. The van der Waals surface area contributed by atoms with Crippen LogP contribution in [0.2, 0.25) is 0 Å². The van der Waals surface area contributed by atoms with Gasteiger partial charge in [-0.2, -0.15) is 0 Å². The number of nitrogens with one attached hydrogen (secondary N) is 1. The largest absolute Gasteiger partial charge is 0.448 e. The van der Waals surface area contributed by atoms with Gasteiger partial charge < -0.3 is 10.1 Å². The predicted octanol–water partition coefficient (Wildman–Crippen LogP) is 1.33. The summed E-state index contributed by atoms with van der Waals surface area (Å²) < 4.78 is 4.40. The van der Waals surface area contributed by atoms with E-state index in [1.54, 1.807) is 0 Å². The third-order valence-corrected chi connectivity index (χ3v) is 1.35. The standard InChI is InChI=1S/C5H11O.C3H5NO2/c1-2-3-4-5-6;5-3-4-1-2-6-3/h2-5H2,1H3;1-2H2,(H,4,5). The second-order valence-electron chi connectivity index (χ2n) is 2.47. The van der Waals surface area contributed by atoms with Gasteiger partial charge in [0.25, 0.3) is 0 Å². The first-order valence-electron chi connectivity index (χ1n) is 4.30. The van der Waals surface area contributed by atoms with Crippen molar-refractivity contribution < 1.29 is 14.6 Å². The summed E-state index contributed by atoms with van der Waals surface area (Å²) in [7, 11) is 0. The molecule has 1 aliphatic rings. The minimum absolute atomic E-state index is 0.105. The van der Waals surface area contributed by atoms with Crippen LogP contribution in [0.3, 0.4) is 0 Å². The van der Waals surface area contributed by atoms with Crippen molar-refractivity contribution in [2.45, 2.75) is 26.2 Å². The maximum Gasteiger partial charge on any atom is 0.407 e. The molecule has 4 nitrogen and oxygen atoms in total. The van der Waals surface area contributed by atoms with Crippen molar-refractivity contribution in [2.24, 2.45) is 0 Å². The second-order valence-corrected chi connectivity index (χ2v) is 2.47. The minimum atomic E-state index is -0.296. The van der Waals surface area contributed by atoms with Crippen LogP contribution in [-0.4, -0.2) is 25.9 Å². The van der Waals surface area contributed by atoms with Gasteiger partial charge >= 0.3 is 6.09 Å². The third kappa shape index (κ3) is 7.34. The van der Waals surface area contributed by atoms with Crippen molar-refractivity contribution in [2.75, 3.05) is 19.8 Å². The molecule has 1 amide bonds. The van der Waals surface area contributed by atoms with Crippen molar-refractivity contribution in [3.63, 3.8) is 0 Å². The Morgan fingerprint density at radius 2 is 2.25 bits per heavy atom. The Morgan fingerprint density at radius 1 is 1.50 bits per heavy atom. The molecule has 1 N–H and O–H groups in total. The van der Waals surface area contributed by atoms with Gasteiger partial charge in [0.1, 0.15) is 6.61 Å². The fourth-order valence-corrected chi connectivity index (χ4v) is 0.700. The highest BCUT2D eigenvalue weighted by atomic mass is 16.6. The topological polar surface area (TPSA) is 58.2 Å². The normalized spacial score (nSPS) is 14.3. The summed E-state index contributed by atoms with van der Waals surface area (Å²) in [5, 5.41) is 12.1. The Kier molecular flexibility index (Phi) is 7.79. The molecule has 12 heavy (non-hydrogen) atoms. The zero-order chi connectivity index (χ0) is 9.23. The molecular formula is C8H16NO3. The highest BCUT2D eigenvalue weighted by Gasteiger charge is 2.06. The molecule has 4 heteroatoms. The SMILES string of the molecule is CCCCC[O].O=C1NCCO1. The van der Waals surface area contributed by atoms with E-state index < -0.39 is 0 Å². The summed E-state index contributed by atoms with van der Waals surface area (Å²) in [4.78, 5) is 9.91. The Bertz CT molecular complexity index is 105. The van der Waals surface area contributed by atoms with E-state index >= 15 is 0 Å². The average molecular weight is 174 g/mol. The van der Waals surface area contributed by atoms with Gasteiger partial charge in [0.2, 0.25) is 0 Å². The highest BCUT2D eigenvalue weighted by Crippen LogP contribution is 1.89. The van der Waals surface area contributed by atoms with E-state index in [-0.39, 0.29) is 12.7 Å². The van der Waals surface area contributed by atoms with Gasteiger partial charge in [-0.15, -0.1) is 0 Å². The van der Waals surface area contributed by atoms with E-state index in [4.69, 9.17) is 0 Å². The van der Waals surface area contributed by atoms with Gasteiger partial charge in [-0.05, 0) is 6.42 Å². The van der Waals surface area contributed by atoms with Gasteiger partial charge in [0.05, 0.1) is 13.2 Å². The van der Waals surface area contributed by atoms with Crippen LogP contribution in [-0.2, 0) is 9.84 Å². The van der Waals surface area contributed by atoms with Gasteiger partial charge in [0.15, 0.2) is 0 Å². The Balaban J connectivity index is 0.000000202. The number of hydrogen-bond donors (Lipinski definition) is 1. The molecule has 0 aromatic carbocycles. The first kappa shape index (κ1) is 11.2.